The quantitative estimate of drug-likeness (QED) is 0.533. The van der Waals surface area contributed by atoms with Gasteiger partial charge in [0.05, 0.1) is 0 Å². The second kappa shape index (κ2) is 8.87. The average Bonchev–Trinajstić information content (AvgIpc) is 2.44. The highest BCUT2D eigenvalue weighted by Gasteiger charge is 2.22. The predicted octanol–water partition coefficient (Wildman–Crippen LogP) is 5.71. The highest BCUT2D eigenvalue weighted by atomic mass is 14.9. The van der Waals surface area contributed by atoms with Crippen LogP contribution < -0.4 is 5.32 Å². The Balaban J connectivity index is 2.33. The van der Waals surface area contributed by atoms with Crippen LogP contribution in [0.5, 0.6) is 0 Å². The monoisotopic (exact) mass is 279 g/mol. The lowest BCUT2D eigenvalue weighted by molar-refractivity contribution is 0.259. The molecule has 1 atom stereocenters. The van der Waals surface area contributed by atoms with Crippen molar-refractivity contribution in [3.8, 4) is 0 Å². The molecule has 0 heterocycles. The molecule has 1 N–H and O–H groups in total. The molecule has 1 heteroatoms. The molecule has 1 rings (SSSR count). The van der Waals surface area contributed by atoms with Crippen molar-refractivity contribution in [2.24, 2.45) is 11.3 Å². The van der Waals surface area contributed by atoms with Crippen LogP contribution in [0, 0.1) is 11.3 Å². The summed E-state index contributed by atoms with van der Waals surface area (Å²) in [7, 11) is 2.14. The molecule has 0 bridgehead atoms. The number of rotatable bonds is 9. The van der Waals surface area contributed by atoms with Crippen LogP contribution in [-0.4, -0.2) is 13.1 Å². The Labute approximate surface area is 127 Å². The minimum atomic E-state index is 0.411. The van der Waals surface area contributed by atoms with Gasteiger partial charge in [-0.2, -0.15) is 0 Å². The summed E-state index contributed by atoms with van der Waals surface area (Å²) in [5, 5.41) is 3.57. The van der Waals surface area contributed by atoms with Crippen molar-refractivity contribution < 1.29 is 0 Å². The van der Waals surface area contributed by atoms with Crippen molar-refractivity contribution in [1.29, 1.82) is 0 Å². The lowest BCUT2D eigenvalue weighted by Crippen LogP contribution is -2.30. The van der Waals surface area contributed by atoms with Crippen molar-refractivity contribution in [2.45, 2.75) is 91.0 Å². The first kappa shape index (κ1) is 17.8. The third-order valence-corrected chi connectivity index (χ3v) is 5.15. The van der Waals surface area contributed by atoms with E-state index in [9.17, 15) is 0 Å². The van der Waals surface area contributed by atoms with Gasteiger partial charge in [0.1, 0.15) is 0 Å². The molecule has 1 fully saturated rings. The van der Waals surface area contributed by atoms with Gasteiger partial charge in [-0.05, 0) is 50.5 Å². The van der Waals surface area contributed by atoms with E-state index < -0.39 is 0 Å². The zero-order valence-corrected chi connectivity index (χ0v) is 14.4. The van der Waals surface area contributed by atoms with E-state index in [4.69, 9.17) is 0 Å². The maximum Gasteiger partial charge on any atom is 0.00669 e. The Kier molecular flexibility index (Phi) is 7.87. The molecule has 0 saturated heterocycles. The lowest BCUT2D eigenvalue weighted by atomic mass is 9.78. The first-order chi connectivity index (χ1) is 9.46. The van der Waals surface area contributed by atoms with Crippen molar-refractivity contribution in [3.63, 3.8) is 0 Å². The van der Waals surface area contributed by atoms with Gasteiger partial charge in [0.25, 0.3) is 0 Å². The average molecular weight is 280 g/mol. The molecule has 0 aromatic carbocycles. The Bertz CT molecular complexity index is 273. The molecular formula is C19H37N. The van der Waals surface area contributed by atoms with E-state index in [1.54, 1.807) is 0 Å². The van der Waals surface area contributed by atoms with E-state index in [1.165, 1.54) is 63.4 Å². The molecule has 1 nitrogen and oxygen atoms in total. The van der Waals surface area contributed by atoms with Gasteiger partial charge >= 0.3 is 0 Å². The Morgan fingerprint density at radius 3 is 2.45 bits per heavy atom. The van der Waals surface area contributed by atoms with Crippen LogP contribution in [-0.2, 0) is 0 Å². The molecule has 1 saturated carbocycles. The second-order valence-corrected chi connectivity index (χ2v) is 7.71. The highest BCUT2D eigenvalue weighted by molar-refractivity contribution is 4.97. The van der Waals surface area contributed by atoms with Crippen LogP contribution >= 0.6 is 0 Å². The summed E-state index contributed by atoms with van der Waals surface area (Å²) in [5.41, 5.74) is 1.82. The lowest BCUT2D eigenvalue weighted by Gasteiger charge is -2.30. The first-order valence-electron chi connectivity index (χ1n) is 8.80. The molecule has 1 aliphatic carbocycles. The van der Waals surface area contributed by atoms with Crippen LogP contribution in [0.3, 0.4) is 0 Å². The molecule has 1 aliphatic rings. The predicted molar refractivity (Wildman–Crippen MR) is 91.1 cm³/mol. The van der Waals surface area contributed by atoms with Crippen molar-refractivity contribution in [1.82, 2.24) is 5.32 Å². The maximum absolute atomic E-state index is 4.18. The summed E-state index contributed by atoms with van der Waals surface area (Å²) < 4.78 is 0. The van der Waals surface area contributed by atoms with E-state index in [2.05, 4.69) is 39.7 Å². The van der Waals surface area contributed by atoms with Gasteiger partial charge in [-0.3, -0.25) is 0 Å². The minimum Gasteiger partial charge on any atom is -0.317 e. The fraction of sp³-hybridized carbons (Fsp3) is 0.895. The van der Waals surface area contributed by atoms with Gasteiger partial charge in [-0.25, -0.2) is 0 Å². The maximum atomic E-state index is 4.18. The first-order valence-corrected chi connectivity index (χ1v) is 8.80. The standard InChI is InChI=1S/C19H37N/c1-6-16(2)15-19(3,4)13-12-18(20-5)14-17-10-8-7-9-11-17/h17-18,20H,2,6-15H2,1,3-5H3. The number of hydrogen-bond donors (Lipinski definition) is 1. The Hall–Kier alpha value is -0.300. The van der Waals surface area contributed by atoms with E-state index in [0.29, 0.717) is 11.5 Å². The van der Waals surface area contributed by atoms with E-state index >= 15 is 0 Å². The summed E-state index contributed by atoms with van der Waals surface area (Å²) in [5.74, 6) is 0.981. The molecule has 118 valence electrons. The Morgan fingerprint density at radius 2 is 1.90 bits per heavy atom. The van der Waals surface area contributed by atoms with E-state index in [-0.39, 0.29) is 0 Å². The third kappa shape index (κ3) is 6.92. The number of hydrogen-bond acceptors (Lipinski definition) is 1. The molecule has 0 amide bonds. The van der Waals surface area contributed by atoms with Crippen molar-refractivity contribution >= 4 is 0 Å². The molecule has 0 spiro atoms. The molecule has 0 aromatic heterocycles. The van der Waals surface area contributed by atoms with Crippen molar-refractivity contribution in [2.75, 3.05) is 7.05 Å². The fourth-order valence-corrected chi connectivity index (χ4v) is 3.66. The zero-order chi connectivity index (χ0) is 15.0. The van der Waals surface area contributed by atoms with Gasteiger partial charge in [0.2, 0.25) is 0 Å². The summed E-state index contributed by atoms with van der Waals surface area (Å²) in [6.45, 7) is 11.2. The van der Waals surface area contributed by atoms with Crippen LogP contribution in [0.1, 0.15) is 85.0 Å². The number of allylic oxidation sites excluding steroid dienone is 1. The van der Waals surface area contributed by atoms with Crippen LogP contribution in [0.25, 0.3) is 0 Å². The molecule has 0 radical (unpaired) electrons. The molecule has 20 heavy (non-hydrogen) atoms. The normalized spacial score (nSPS) is 19.0. The third-order valence-electron chi connectivity index (χ3n) is 5.15. The van der Waals surface area contributed by atoms with Crippen molar-refractivity contribution in [3.05, 3.63) is 12.2 Å². The molecule has 0 aromatic rings. The zero-order valence-electron chi connectivity index (χ0n) is 14.4. The van der Waals surface area contributed by atoms with Gasteiger partial charge in [-0.15, -0.1) is 0 Å². The fourth-order valence-electron chi connectivity index (χ4n) is 3.66. The second-order valence-electron chi connectivity index (χ2n) is 7.71. The van der Waals surface area contributed by atoms with Crippen LogP contribution in [0.4, 0.5) is 0 Å². The Morgan fingerprint density at radius 1 is 1.25 bits per heavy atom. The molecule has 1 unspecified atom stereocenters. The van der Waals surface area contributed by atoms with Gasteiger partial charge < -0.3 is 5.32 Å². The molecular weight excluding hydrogens is 242 g/mol. The molecule has 0 aliphatic heterocycles. The van der Waals surface area contributed by atoms with Gasteiger partial charge in [-0.1, -0.05) is 65.0 Å². The summed E-state index contributed by atoms with van der Waals surface area (Å²) in [6, 6.07) is 0.715. The topological polar surface area (TPSA) is 12.0 Å². The van der Waals surface area contributed by atoms with Crippen LogP contribution in [0.15, 0.2) is 12.2 Å². The summed E-state index contributed by atoms with van der Waals surface area (Å²) in [6.07, 6.45) is 13.6. The number of nitrogens with one attached hydrogen (secondary N) is 1. The van der Waals surface area contributed by atoms with Crippen LogP contribution in [0.2, 0.25) is 0 Å². The minimum absolute atomic E-state index is 0.411. The SMILES string of the molecule is C=C(CC)CC(C)(C)CCC(CC1CCCCC1)NC. The van der Waals surface area contributed by atoms with E-state index in [0.717, 1.165) is 12.3 Å². The van der Waals surface area contributed by atoms with E-state index in [1.807, 2.05) is 0 Å². The van der Waals surface area contributed by atoms with Gasteiger partial charge in [0.15, 0.2) is 0 Å². The van der Waals surface area contributed by atoms with Gasteiger partial charge in [0, 0.05) is 6.04 Å². The summed E-state index contributed by atoms with van der Waals surface area (Å²) >= 11 is 0. The smallest absolute Gasteiger partial charge is 0.00669 e. The highest BCUT2D eigenvalue weighted by Crippen LogP contribution is 2.33. The summed E-state index contributed by atoms with van der Waals surface area (Å²) in [4.78, 5) is 0. The largest absolute Gasteiger partial charge is 0.317 e.